The van der Waals surface area contributed by atoms with E-state index < -0.39 is 11.4 Å². The largest absolute Gasteiger partial charge is 0.506 e. The molecule has 0 radical (unpaired) electrons. The average molecular weight is 325 g/mol. The van der Waals surface area contributed by atoms with Gasteiger partial charge in [0, 0.05) is 5.41 Å². The number of allylic oxidation sites excluding steroid dienone is 6. The van der Waals surface area contributed by atoms with E-state index in [9.17, 15) is 14.7 Å². The third kappa shape index (κ3) is 2.78. The summed E-state index contributed by atoms with van der Waals surface area (Å²) >= 11 is 0. The lowest BCUT2D eigenvalue weighted by atomic mass is 9.93. The van der Waals surface area contributed by atoms with Gasteiger partial charge in [-0.2, -0.15) is 4.68 Å². The Kier molecular flexibility index (Phi) is 3.67. The molecule has 0 amide bonds. The summed E-state index contributed by atoms with van der Waals surface area (Å²) in [5.74, 6) is -0.0810. The molecule has 2 aromatic rings. The number of phenolic OH excluding ortho intramolecular Hbond substituents is 1. The Morgan fingerprint density at radius 1 is 1.17 bits per heavy atom. The highest BCUT2D eigenvalue weighted by atomic mass is 16.3. The summed E-state index contributed by atoms with van der Waals surface area (Å²) in [6.45, 7) is 5.89. The van der Waals surface area contributed by atoms with Gasteiger partial charge in [-0.1, -0.05) is 38.1 Å². The van der Waals surface area contributed by atoms with Crippen LogP contribution in [0.15, 0.2) is 58.2 Å². The first-order valence-corrected chi connectivity index (χ1v) is 7.62. The van der Waals surface area contributed by atoms with Crippen LogP contribution in [0.25, 0.3) is 11.4 Å². The van der Waals surface area contributed by atoms with Crippen molar-refractivity contribution in [3.05, 3.63) is 75.1 Å². The molecule has 0 bridgehead atoms. The van der Waals surface area contributed by atoms with Crippen molar-refractivity contribution in [1.82, 2.24) is 14.3 Å². The minimum atomic E-state index is -0.565. The first-order valence-electron chi connectivity index (χ1n) is 7.62. The van der Waals surface area contributed by atoms with Gasteiger partial charge < -0.3 is 5.11 Å². The Labute approximate surface area is 138 Å². The van der Waals surface area contributed by atoms with E-state index >= 15 is 0 Å². The number of nitrogens with one attached hydrogen (secondary N) is 1. The number of nitrogens with zero attached hydrogens (tertiary/aromatic N) is 2. The minimum absolute atomic E-state index is 0.0810. The van der Waals surface area contributed by atoms with Crippen LogP contribution in [0.1, 0.15) is 19.4 Å². The second-order valence-corrected chi connectivity index (χ2v) is 6.47. The van der Waals surface area contributed by atoms with Crippen molar-refractivity contribution in [1.29, 1.82) is 0 Å². The van der Waals surface area contributed by atoms with Crippen LogP contribution >= 0.6 is 0 Å². The zero-order chi connectivity index (χ0) is 17.5. The van der Waals surface area contributed by atoms with Gasteiger partial charge in [-0.25, -0.2) is 19.3 Å². The first kappa shape index (κ1) is 15.9. The second-order valence-electron chi connectivity index (χ2n) is 6.47. The van der Waals surface area contributed by atoms with Gasteiger partial charge in [0.15, 0.2) is 0 Å². The molecular weight excluding hydrogens is 306 g/mol. The van der Waals surface area contributed by atoms with Crippen molar-refractivity contribution in [3.63, 3.8) is 0 Å². The topological polar surface area (TPSA) is 80.0 Å². The molecule has 6 nitrogen and oxygen atoms in total. The van der Waals surface area contributed by atoms with E-state index in [-0.39, 0.29) is 16.9 Å². The van der Waals surface area contributed by atoms with Crippen LogP contribution in [-0.4, -0.2) is 19.5 Å². The van der Waals surface area contributed by atoms with Crippen molar-refractivity contribution < 1.29 is 5.11 Å². The zero-order valence-electron chi connectivity index (χ0n) is 13.8. The highest BCUT2D eigenvalue weighted by molar-refractivity contribution is 5.60. The van der Waals surface area contributed by atoms with E-state index in [4.69, 9.17) is 0 Å². The minimum Gasteiger partial charge on any atom is -0.506 e. The molecule has 0 spiro atoms. The van der Waals surface area contributed by atoms with E-state index in [1.165, 1.54) is 6.07 Å². The van der Waals surface area contributed by atoms with Gasteiger partial charge in [0.25, 0.3) is 0 Å². The first-order chi connectivity index (χ1) is 11.3. The molecule has 2 N–H and O–H groups in total. The Hall–Kier alpha value is -3.02. The number of H-pyrrole nitrogens is 1. The van der Waals surface area contributed by atoms with Crippen molar-refractivity contribution in [2.45, 2.75) is 20.8 Å². The highest BCUT2D eigenvalue weighted by Crippen LogP contribution is 2.24. The molecule has 0 saturated heterocycles. The molecule has 0 aliphatic heterocycles. The molecule has 0 saturated carbocycles. The maximum Gasteiger partial charge on any atom is 0.356 e. The van der Waals surface area contributed by atoms with Crippen LogP contribution in [0, 0.1) is 12.3 Å². The summed E-state index contributed by atoms with van der Waals surface area (Å²) in [5.41, 5.74) is 0.279. The lowest BCUT2D eigenvalue weighted by Crippen LogP contribution is -2.27. The van der Waals surface area contributed by atoms with Crippen LogP contribution in [0.4, 0.5) is 0 Å². The smallest absolute Gasteiger partial charge is 0.356 e. The monoisotopic (exact) mass is 325 g/mol. The summed E-state index contributed by atoms with van der Waals surface area (Å²) < 4.78 is 2.10. The van der Waals surface area contributed by atoms with Crippen LogP contribution in [0.3, 0.4) is 0 Å². The molecule has 24 heavy (non-hydrogen) atoms. The maximum atomic E-state index is 12.7. The molecule has 1 aromatic heterocycles. The molecule has 1 aliphatic rings. The van der Waals surface area contributed by atoms with Crippen molar-refractivity contribution >= 4 is 5.70 Å². The van der Waals surface area contributed by atoms with Gasteiger partial charge in [0.1, 0.15) is 11.4 Å². The second kappa shape index (κ2) is 5.56. The third-order valence-corrected chi connectivity index (χ3v) is 3.90. The molecule has 0 atom stereocenters. The number of aryl methyl sites for hydroxylation is 1. The zero-order valence-corrected chi connectivity index (χ0v) is 13.8. The number of aromatic nitrogens is 3. The van der Waals surface area contributed by atoms with Gasteiger partial charge in [0.2, 0.25) is 0 Å². The molecule has 1 aromatic carbocycles. The standard InChI is InChI=1S/C18H19N3O3/c1-12-6-7-15(22)14(11-12)21-17(24)20(16(23)19-21)13-5-4-9-18(2,3)10-8-13/h4-11,22H,1-3H3,(H,19,23). The number of benzene rings is 1. The predicted molar refractivity (Wildman–Crippen MR) is 93.4 cm³/mol. The third-order valence-electron chi connectivity index (χ3n) is 3.90. The normalized spacial score (nSPS) is 16.0. The predicted octanol–water partition coefficient (Wildman–Crippen LogP) is 2.33. The molecule has 1 aliphatic carbocycles. The summed E-state index contributed by atoms with van der Waals surface area (Å²) in [7, 11) is 0. The fourth-order valence-electron chi connectivity index (χ4n) is 2.54. The number of hydrogen-bond donors (Lipinski definition) is 2. The average Bonchev–Trinajstić information content (AvgIpc) is 2.68. The molecule has 6 heteroatoms. The van der Waals surface area contributed by atoms with E-state index in [0.717, 1.165) is 14.8 Å². The van der Waals surface area contributed by atoms with E-state index in [1.807, 2.05) is 39.0 Å². The molecule has 0 unspecified atom stereocenters. The SMILES string of the molecule is Cc1ccc(O)c(-n2[nH]c(=O)n(C3=CC=CC(C)(C)C=C3)c2=O)c1. The van der Waals surface area contributed by atoms with Crippen LogP contribution < -0.4 is 11.4 Å². The van der Waals surface area contributed by atoms with Crippen molar-refractivity contribution in [2.24, 2.45) is 5.41 Å². The lowest BCUT2D eigenvalue weighted by molar-refractivity contribution is 0.469. The van der Waals surface area contributed by atoms with Gasteiger partial charge in [-0.05, 0) is 36.8 Å². The Bertz CT molecular complexity index is 997. The number of aromatic hydroxyl groups is 1. The van der Waals surface area contributed by atoms with Gasteiger partial charge in [-0.15, -0.1) is 0 Å². The summed E-state index contributed by atoms with van der Waals surface area (Å²) in [6, 6.07) is 4.85. The molecule has 124 valence electrons. The Balaban J connectivity index is 2.17. The summed E-state index contributed by atoms with van der Waals surface area (Å²) in [6.07, 6.45) is 9.19. The number of aromatic amines is 1. The molecular formula is C18H19N3O3. The number of hydrogen-bond acceptors (Lipinski definition) is 3. The van der Waals surface area contributed by atoms with Crippen LogP contribution in [-0.2, 0) is 0 Å². The molecule has 0 fully saturated rings. The van der Waals surface area contributed by atoms with Gasteiger partial charge in [-0.3, -0.25) is 0 Å². The van der Waals surface area contributed by atoms with Crippen molar-refractivity contribution in [2.75, 3.05) is 0 Å². The maximum absolute atomic E-state index is 12.7. The van der Waals surface area contributed by atoms with Crippen LogP contribution in [0.5, 0.6) is 5.75 Å². The quantitative estimate of drug-likeness (QED) is 0.889. The van der Waals surface area contributed by atoms with E-state index in [1.54, 1.807) is 24.3 Å². The summed E-state index contributed by atoms with van der Waals surface area (Å²) in [4.78, 5) is 25.0. The van der Waals surface area contributed by atoms with Crippen LogP contribution in [0.2, 0.25) is 0 Å². The Morgan fingerprint density at radius 3 is 2.67 bits per heavy atom. The molecule has 1 heterocycles. The number of rotatable bonds is 2. The highest BCUT2D eigenvalue weighted by Gasteiger charge is 2.17. The van der Waals surface area contributed by atoms with E-state index in [0.29, 0.717) is 5.70 Å². The fourth-order valence-corrected chi connectivity index (χ4v) is 2.54. The van der Waals surface area contributed by atoms with Gasteiger partial charge >= 0.3 is 11.4 Å². The van der Waals surface area contributed by atoms with Gasteiger partial charge in [0.05, 0.1) is 5.70 Å². The number of phenols is 1. The van der Waals surface area contributed by atoms with Crippen molar-refractivity contribution in [3.8, 4) is 11.4 Å². The summed E-state index contributed by atoms with van der Waals surface area (Å²) in [5, 5.41) is 12.5. The molecule has 3 rings (SSSR count). The van der Waals surface area contributed by atoms with E-state index in [2.05, 4.69) is 5.10 Å². The Morgan fingerprint density at radius 2 is 1.92 bits per heavy atom. The fraction of sp³-hybridized carbons (Fsp3) is 0.222. The lowest BCUT2D eigenvalue weighted by Gasteiger charge is -2.12.